The Morgan fingerprint density at radius 3 is 2.63 bits per heavy atom. The van der Waals surface area contributed by atoms with Crippen molar-refractivity contribution in [3.8, 4) is 5.69 Å². The Kier molecular flexibility index (Phi) is 5.57. The van der Waals surface area contributed by atoms with Gasteiger partial charge in [0, 0.05) is 0 Å². The van der Waals surface area contributed by atoms with Gasteiger partial charge in [-0.2, -0.15) is 0 Å². The molecule has 1 aliphatic heterocycles. The van der Waals surface area contributed by atoms with Crippen molar-refractivity contribution < 1.29 is 9.64 Å². The molecule has 0 aliphatic carbocycles. The number of nitrogens with one attached hydrogen (secondary N) is 1. The Bertz CT molecular complexity index is 979. The molecule has 0 spiro atoms. The topological polar surface area (TPSA) is 48.6 Å². The van der Waals surface area contributed by atoms with E-state index in [0.29, 0.717) is 5.39 Å². The lowest BCUT2D eigenvalue weighted by molar-refractivity contribution is -0.905. The van der Waals surface area contributed by atoms with Gasteiger partial charge in [0.25, 0.3) is 5.56 Å². The number of aryl methyl sites for hydroxylation is 1. The minimum absolute atomic E-state index is 0.00864. The summed E-state index contributed by atoms with van der Waals surface area (Å²) >= 11 is 1.66. The lowest BCUT2D eigenvalue weighted by Crippen LogP contribution is -3.14. The number of aromatic nitrogens is 2. The van der Waals surface area contributed by atoms with Crippen molar-refractivity contribution in [3.63, 3.8) is 0 Å². The maximum Gasteiger partial charge on any atom is 0.266 e. The number of ether oxygens (including phenoxy) is 1. The predicted octanol–water partition coefficient (Wildman–Crippen LogP) is 1.70. The highest BCUT2D eigenvalue weighted by Gasteiger charge is 2.16. The van der Waals surface area contributed by atoms with Gasteiger partial charge in [0.15, 0.2) is 5.16 Å². The standard InChI is InChI=1S/C21H23N3O2S/c1-16-6-8-17(9-7-16)24-20(25)18-4-2-3-5-19(18)22-21(24)27-15-12-23-10-13-26-14-11-23/h2-9H,10-15H2,1H3/p+1. The van der Waals surface area contributed by atoms with Crippen LogP contribution in [0.5, 0.6) is 0 Å². The predicted molar refractivity (Wildman–Crippen MR) is 109 cm³/mol. The highest BCUT2D eigenvalue weighted by molar-refractivity contribution is 7.99. The molecule has 0 amide bonds. The minimum Gasteiger partial charge on any atom is -0.370 e. The summed E-state index contributed by atoms with van der Waals surface area (Å²) in [7, 11) is 0. The summed E-state index contributed by atoms with van der Waals surface area (Å²) < 4.78 is 7.18. The van der Waals surface area contributed by atoms with Crippen LogP contribution in [-0.2, 0) is 4.74 Å². The van der Waals surface area contributed by atoms with Crippen LogP contribution in [0.4, 0.5) is 0 Å². The van der Waals surface area contributed by atoms with Gasteiger partial charge in [0.2, 0.25) is 0 Å². The highest BCUT2D eigenvalue weighted by atomic mass is 32.2. The summed E-state index contributed by atoms with van der Waals surface area (Å²) in [5, 5.41) is 1.41. The largest absolute Gasteiger partial charge is 0.370 e. The fourth-order valence-electron chi connectivity index (χ4n) is 3.33. The highest BCUT2D eigenvalue weighted by Crippen LogP contribution is 2.21. The fraction of sp³-hybridized carbons (Fsp3) is 0.333. The molecule has 27 heavy (non-hydrogen) atoms. The molecule has 2 heterocycles. The second-order valence-corrected chi connectivity index (χ2v) is 7.91. The summed E-state index contributed by atoms with van der Waals surface area (Å²) in [5.41, 5.74) is 2.79. The number of benzene rings is 2. The number of thioether (sulfide) groups is 1. The van der Waals surface area contributed by atoms with Gasteiger partial charge in [-0.3, -0.25) is 9.36 Å². The maximum atomic E-state index is 13.2. The van der Waals surface area contributed by atoms with Gasteiger partial charge in [-0.1, -0.05) is 41.6 Å². The minimum atomic E-state index is -0.00864. The van der Waals surface area contributed by atoms with Crippen molar-refractivity contribution in [1.82, 2.24) is 9.55 Å². The van der Waals surface area contributed by atoms with E-state index in [1.54, 1.807) is 21.2 Å². The van der Waals surface area contributed by atoms with E-state index in [2.05, 4.69) is 0 Å². The summed E-state index contributed by atoms with van der Waals surface area (Å²) in [6, 6.07) is 15.6. The Hall–Kier alpha value is -2.15. The zero-order chi connectivity index (χ0) is 18.6. The molecular weight excluding hydrogens is 358 g/mol. The van der Waals surface area contributed by atoms with Crippen LogP contribution in [0.3, 0.4) is 0 Å². The van der Waals surface area contributed by atoms with Crippen LogP contribution in [-0.4, -0.2) is 48.2 Å². The summed E-state index contributed by atoms with van der Waals surface area (Å²) in [4.78, 5) is 19.6. The number of para-hydroxylation sites is 1. The van der Waals surface area contributed by atoms with Gasteiger partial charge >= 0.3 is 0 Å². The van der Waals surface area contributed by atoms with Crippen molar-refractivity contribution in [2.24, 2.45) is 0 Å². The van der Waals surface area contributed by atoms with E-state index in [4.69, 9.17) is 9.72 Å². The van der Waals surface area contributed by atoms with E-state index in [1.807, 2.05) is 55.5 Å². The molecule has 2 aromatic carbocycles. The molecule has 140 valence electrons. The third-order valence-electron chi connectivity index (χ3n) is 4.92. The van der Waals surface area contributed by atoms with E-state index in [9.17, 15) is 4.79 Å². The number of morpholine rings is 1. The fourth-order valence-corrected chi connectivity index (χ4v) is 4.38. The second-order valence-electron chi connectivity index (χ2n) is 6.85. The van der Waals surface area contributed by atoms with E-state index >= 15 is 0 Å². The van der Waals surface area contributed by atoms with Crippen LogP contribution >= 0.6 is 11.8 Å². The zero-order valence-electron chi connectivity index (χ0n) is 15.5. The molecule has 0 atom stereocenters. The van der Waals surface area contributed by atoms with Crippen LogP contribution in [0, 0.1) is 6.92 Å². The summed E-state index contributed by atoms with van der Waals surface area (Å²) in [6.07, 6.45) is 0. The molecule has 4 rings (SSSR count). The SMILES string of the molecule is Cc1ccc(-n2c(SCC[NH+]3CCOCC3)nc3ccccc3c2=O)cc1. The number of quaternary nitrogens is 1. The average molecular weight is 383 g/mol. The first-order chi connectivity index (χ1) is 13.2. The quantitative estimate of drug-likeness (QED) is 0.539. The number of hydrogen-bond donors (Lipinski definition) is 1. The number of hydrogen-bond acceptors (Lipinski definition) is 4. The molecule has 5 nitrogen and oxygen atoms in total. The molecule has 1 saturated heterocycles. The Labute approximate surface area is 163 Å². The van der Waals surface area contributed by atoms with Crippen molar-refractivity contribution in [2.45, 2.75) is 12.1 Å². The first kappa shape index (κ1) is 18.2. The van der Waals surface area contributed by atoms with Crippen LogP contribution in [0.25, 0.3) is 16.6 Å². The van der Waals surface area contributed by atoms with Gasteiger partial charge < -0.3 is 9.64 Å². The second kappa shape index (κ2) is 8.25. The Morgan fingerprint density at radius 2 is 1.85 bits per heavy atom. The number of fused-ring (bicyclic) bond motifs is 1. The number of nitrogens with zero attached hydrogens (tertiary/aromatic N) is 2. The van der Waals surface area contributed by atoms with Gasteiger partial charge in [-0.15, -0.1) is 0 Å². The molecule has 1 aliphatic rings. The van der Waals surface area contributed by atoms with Crippen LogP contribution in [0.2, 0.25) is 0 Å². The first-order valence-corrected chi connectivity index (χ1v) is 10.3. The average Bonchev–Trinajstić information content (AvgIpc) is 2.70. The van der Waals surface area contributed by atoms with Crippen molar-refractivity contribution >= 4 is 22.7 Å². The lowest BCUT2D eigenvalue weighted by atomic mass is 10.2. The van der Waals surface area contributed by atoms with E-state index in [-0.39, 0.29) is 5.56 Å². The van der Waals surface area contributed by atoms with Crippen molar-refractivity contribution in [2.75, 3.05) is 38.6 Å². The van der Waals surface area contributed by atoms with Crippen LogP contribution < -0.4 is 10.5 Å². The molecule has 6 heteroatoms. The van der Waals surface area contributed by atoms with Crippen molar-refractivity contribution in [3.05, 3.63) is 64.4 Å². The van der Waals surface area contributed by atoms with E-state index < -0.39 is 0 Å². The molecule has 0 unspecified atom stereocenters. The van der Waals surface area contributed by atoms with Crippen LogP contribution in [0.15, 0.2) is 58.5 Å². The molecule has 0 bridgehead atoms. The van der Waals surface area contributed by atoms with Crippen molar-refractivity contribution in [1.29, 1.82) is 0 Å². The third-order valence-corrected chi connectivity index (χ3v) is 5.86. The monoisotopic (exact) mass is 382 g/mol. The van der Waals surface area contributed by atoms with Gasteiger partial charge in [0.1, 0.15) is 13.1 Å². The normalized spacial score (nSPS) is 15.3. The van der Waals surface area contributed by atoms with Gasteiger partial charge in [0.05, 0.1) is 42.1 Å². The van der Waals surface area contributed by atoms with E-state index in [0.717, 1.165) is 55.0 Å². The molecular formula is C21H24N3O2S+. The Morgan fingerprint density at radius 1 is 1.11 bits per heavy atom. The molecule has 1 aromatic heterocycles. The smallest absolute Gasteiger partial charge is 0.266 e. The summed E-state index contributed by atoms with van der Waals surface area (Å²) in [6.45, 7) is 6.87. The number of rotatable bonds is 5. The molecule has 1 fully saturated rings. The van der Waals surface area contributed by atoms with E-state index in [1.165, 1.54) is 5.56 Å². The van der Waals surface area contributed by atoms with Crippen LogP contribution in [0.1, 0.15) is 5.56 Å². The molecule has 3 aromatic rings. The lowest BCUT2D eigenvalue weighted by Gasteiger charge is -2.23. The first-order valence-electron chi connectivity index (χ1n) is 9.35. The molecule has 0 saturated carbocycles. The Balaban J connectivity index is 1.67. The van der Waals surface area contributed by atoms with Gasteiger partial charge in [-0.25, -0.2) is 4.98 Å². The van der Waals surface area contributed by atoms with Gasteiger partial charge in [-0.05, 0) is 31.2 Å². The third kappa shape index (κ3) is 4.08. The maximum absolute atomic E-state index is 13.2. The summed E-state index contributed by atoms with van der Waals surface area (Å²) in [5.74, 6) is 0.923. The molecule has 0 radical (unpaired) electrons. The zero-order valence-corrected chi connectivity index (χ0v) is 16.3. The molecule has 1 N–H and O–H groups in total.